The Labute approximate surface area is 148 Å². The highest BCUT2D eigenvalue weighted by atomic mass is 32.2. The summed E-state index contributed by atoms with van der Waals surface area (Å²) in [5, 5.41) is 0. The summed E-state index contributed by atoms with van der Waals surface area (Å²) in [5.41, 5.74) is 1.40. The molecule has 1 N–H and O–H groups in total. The number of sulfonamides is 1. The van der Waals surface area contributed by atoms with E-state index in [1.807, 2.05) is 25.1 Å². The van der Waals surface area contributed by atoms with Crippen LogP contribution in [0.25, 0.3) is 0 Å². The number of anilines is 1. The van der Waals surface area contributed by atoms with Gasteiger partial charge in [0.15, 0.2) is 11.5 Å². The van der Waals surface area contributed by atoms with Crippen molar-refractivity contribution in [1.82, 2.24) is 9.71 Å². The normalized spacial score (nSPS) is 11.2. The first kappa shape index (κ1) is 19.0. The molecule has 0 unspecified atom stereocenters. The van der Waals surface area contributed by atoms with Crippen molar-refractivity contribution in [3.05, 3.63) is 41.6 Å². The smallest absolute Gasteiger partial charge is 0.241 e. The lowest BCUT2D eigenvalue weighted by Crippen LogP contribution is -2.24. The summed E-state index contributed by atoms with van der Waals surface area (Å²) < 4.78 is 38.4. The van der Waals surface area contributed by atoms with Crippen molar-refractivity contribution in [1.29, 1.82) is 0 Å². The zero-order chi connectivity index (χ0) is 18.6. The Kier molecular flexibility index (Phi) is 5.86. The molecule has 0 fully saturated rings. The Morgan fingerprint density at radius 2 is 1.76 bits per heavy atom. The van der Waals surface area contributed by atoms with Crippen LogP contribution in [0.2, 0.25) is 0 Å². The minimum atomic E-state index is -3.70. The zero-order valence-corrected chi connectivity index (χ0v) is 15.8. The average Bonchev–Trinajstić information content (AvgIpc) is 2.59. The predicted octanol–water partition coefficient (Wildman–Crippen LogP) is 1.95. The summed E-state index contributed by atoms with van der Waals surface area (Å²) >= 11 is 0. The SMILES string of the molecule is COc1cc(C)c(S(=O)(=O)NCc2ccnc(N(C)C)c2)cc1OC. The number of hydrogen-bond donors (Lipinski definition) is 1. The maximum atomic E-state index is 12.7. The van der Waals surface area contributed by atoms with E-state index in [-0.39, 0.29) is 11.4 Å². The van der Waals surface area contributed by atoms with Gasteiger partial charge in [-0.1, -0.05) is 0 Å². The van der Waals surface area contributed by atoms with E-state index in [9.17, 15) is 8.42 Å². The quantitative estimate of drug-likeness (QED) is 0.808. The Balaban J connectivity index is 2.26. The summed E-state index contributed by atoms with van der Waals surface area (Å²) in [5.74, 6) is 1.62. The predicted molar refractivity (Wildman–Crippen MR) is 96.9 cm³/mol. The van der Waals surface area contributed by atoms with Crippen LogP contribution >= 0.6 is 0 Å². The van der Waals surface area contributed by atoms with Gasteiger partial charge in [-0.15, -0.1) is 0 Å². The maximum Gasteiger partial charge on any atom is 0.241 e. The summed E-state index contributed by atoms with van der Waals surface area (Å²) in [4.78, 5) is 6.23. The topological polar surface area (TPSA) is 80.8 Å². The van der Waals surface area contributed by atoms with Crippen molar-refractivity contribution >= 4 is 15.8 Å². The van der Waals surface area contributed by atoms with Gasteiger partial charge in [0.05, 0.1) is 19.1 Å². The fourth-order valence-corrected chi connectivity index (χ4v) is 3.58. The van der Waals surface area contributed by atoms with E-state index in [0.29, 0.717) is 17.1 Å². The van der Waals surface area contributed by atoms with Crippen LogP contribution in [-0.4, -0.2) is 41.7 Å². The molecule has 1 aromatic heterocycles. The molecule has 0 saturated heterocycles. The zero-order valence-electron chi connectivity index (χ0n) is 15.0. The number of aromatic nitrogens is 1. The van der Waals surface area contributed by atoms with Crippen LogP contribution in [0.15, 0.2) is 35.4 Å². The van der Waals surface area contributed by atoms with Gasteiger partial charge in [0.25, 0.3) is 0 Å². The molecule has 1 aromatic carbocycles. The molecular weight excluding hydrogens is 342 g/mol. The van der Waals surface area contributed by atoms with Crippen LogP contribution in [0, 0.1) is 6.92 Å². The second-order valence-electron chi connectivity index (χ2n) is 5.71. The number of nitrogens with one attached hydrogen (secondary N) is 1. The van der Waals surface area contributed by atoms with Crippen LogP contribution in [0.1, 0.15) is 11.1 Å². The number of aryl methyl sites for hydroxylation is 1. The van der Waals surface area contributed by atoms with Gasteiger partial charge in [0, 0.05) is 32.9 Å². The second-order valence-corrected chi connectivity index (χ2v) is 7.45. The molecule has 0 radical (unpaired) electrons. The Morgan fingerprint density at radius 1 is 1.12 bits per heavy atom. The molecule has 2 aromatic rings. The Bertz CT molecular complexity index is 851. The molecule has 0 spiro atoms. The largest absolute Gasteiger partial charge is 0.493 e. The molecule has 7 nitrogen and oxygen atoms in total. The van der Waals surface area contributed by atoms with Gasteiger partial charge in [-0.05, 0) is 36.2 Å². The number of nitrogens with zero attached hydrogens (tertiary/aromatic N) is 2. The second kappa shape index (κ2) is 7.71. The Hall–Kier alpha value is -2.32. The van der Waals surface area contributed by atoms with E-state index in [1.54, 1.807) is 25.3 Å². The van der Waals surface area contributed by atoms with Gasteiger partial charge in [0.2, 0.25) is 10.0 Å². The monoisotopic (exact) mass is 365 g/mol. The van der Waals surface area contributed by atoms with Crippen LogP contribution < -0.4 is 19.1 Å². The summed E-state index contributed by atoms with van der Waals surface area (Å²) in [6.07, 6.45) is 1.65. The van der Waals surface area contributed by atoms with E-state index >= 15 is 0 Å². The van der Waals surface area contributed by atoms with Gasteiger partial charge in [-0.2, -0.15) is 0 Å². The van der Waals surface area contributed by atoms with Gasteiger partial charge in [0.1, 0.15) is 5.82 Å². The highest BCUT2D eigenvalue weighted by Gasteiger charge is 2.20. The minimum Gasteiger partial charge on any atom is -0.493 e. The van der Waals surface area contributed by atoms with Crippen molar-refractivity contribution in [2.45, 2.75) is 18.4 Å². The molecule has 1 heterocycles. The molecule has 25 heavy (non-hydrogen) atoms. The van der Waals surface area contributed by atoms with E-state index in [2.05, 4.69) is 9.71 Å². The van der Waals surface area contributed by atoms with E-state index < -0.39 is 10.0 Å². The molecule has 2 rings (SSSR count). The van der Waals surface area contributed by atoms with Gasteiger partial charge in [-0.3, -0.25) is 0 Å². The minimum absolute atomic E-state index is 0.159. The highest BCUT2D eigenvalue weighted by Crippen LogP contribution is 2.32. The molecule has 0 amide bonds. The lowest BCUT2D eigenvalue weighted by atomic mass is 10.2. The molecular formula is C17H23N3O4S. The number of pyridine rings is 1. The van der Waals surface area contributed by atoms with Gasteiger partial charge >= 0.3 is 0 Å². The van der Waals surface area contributed by atoms with Crippen molar-refractivity contribution in [3.63, 3.8) is 0 Å². The number of ether oxygens (including phenoxy) is 2. The van der Waals surface area contributed by atoms with Crippen molar-refractivity contribution < 1.29 is 17.9 Å². The van der Waals surface area contributed by atoms with Crippen LogP contribution in [-0.2, 0) is 16.6 Å². The van der Waals surface area contributed by atoms with E-state index in [4.69, 9.17) is 9.47 Å². The highest BCUT2D eigenvalue weighted by molar-refractivity contribution is 7.89. The summed E-state index contributed by atoms with van der Waals surface area (Å²) in [7, 11) is 3.04. The molecule has 8 heteroatoms. The van der Waals surface area contributed by atoms with Crippen LogP contribution in [0.5, 0.6) is 11.5 Å². The standard InChI is InChI=1S/C17H23N3O4S/c1-12-8-14(23-4)15(24-5)10-16(12)25(21,22)19-11-13-6-7-18-17(9-13)20(2)3/h6-10,19H,11H2,1-5H3. The molecule has 0 aliphatic heterocycles. The van der Waals surface area contributed by atoms with E-state index in [0.717, 1.165) is 11.4 Å². The third-order valence-electron chi connectivity index (χ3n) is 3.71. The van der Waals surface area contributed by atoms with Crippen molar-refractivity contribution in [2.75, 3.05) is 33.2 Å². The third-order valence-corrected chi connectivity index (χ3v) is 5.25. The number of methoxy groups -OCH3 is 2. The fraction of sp³-hybridized carbons (Fsp3) is 0.353. The first-order valence-corrected chi connectivity index (χ1v) is 9.11. The van der Waals surface area contributed by atoms with Crippen LogP contribution in [0.3, 0.4) is 0 Å². The van der Waals surface area contributed by atoms with E-state index in [1.165, 1.54) is 20.3 Å². The lowest BCUT2D eigenvalue weighted by Gasteiger charge is -2.15. The van der Waals surface area contributed by atoms with Gasteiger partial charge in [-0.25, -0.2) is 18.1 Å². The molecule has 0 aliphatic carbocycles. The summed E-state index contributed by atoms with van der Waals surface area (Å²) in [6.45, 7) is 1.88. The number of hydrogen-bond acceptors (Lipinski definition) is 6. The molecule has 0 aliphatic rings. The number of benzene rings is 1. The number of rotatable bonds is 7. The third kappa shape index (κ3) is 4.40. The first-order valence-electron chi connectivity index (χ1n) is 7.63. The van der Waals surface area contributed by atoms with Crippen molar-refractivity contribution in [3.8, 4) is 11.5 Å². The Morgan fingerprint density at radius 3 is 2.36 bits per heavy atom. The fourth-order valence-electron chi connectivity index (χ4n) is 2.32. The first-order chi connectivity index (χ1) is 11.8. The molecule has 136 valence electrons. The molecule has 0 bridgehead atoms. The summed E-state index contributed by atoms with van der Waals surface area (Å²) in [6, 6.07) is 6.72. The average molecular weight is 365 g/mol. The van der Waals surface area contributed by atoms with Crippen molar-refractivity contribution in [2.24, 2.45) is 0 Å². The maximum absolute atomic E-state index is 12.7. The molecule has 0 atom stereocenters. The molecule has 0 saturated carbocycles. The van der Waals surface area contributed by atoms with Crippen LogP contribution in [0.4, 0.5) is 5.82 Å². The van der Waals surface area contributed by atoms with Gasteiger partial charge < -0.3 is 14.4 Å². The lowest BCUT2D eigenvalue weighted by molar-refractivity contribution is 0.353.